The summed E-state index contributed by atoms with van der Waals surface area (Å²) in [6.07, 6.45) is 0.963. The Kier molecular flexibility index (Phi) is 2.92. The lowest BCUT2D eigenvalue weighted by atomic mass is 10.0. The lowest BCUT2D eigenvalue weighted by Crippen LogP contribution is -2.10. The molecule has 1 aromatic heterocycles. The molecule has 84 valence electrons. The van der Waals surface area contributed by atoms with Gasteiger partial charge in [0.2, 0.25) is 0 Å². The van der Waals surface area contributed by atoms with Crippen molar-refractivity contribution in [2.75, 3.05) is 5.73 Å². The Morgan fingerprint density at radius 3 is 2.81 bits per heavy atom. The molecule has 0 saturated carbocycles. The smallest absolute Gasteiger partial charge is 0.123 e. The monoisotopic (exact) mass is 217 g/mol. The number of nitrogens with zero attached hydrogens (tertiary/aromatic N) is 2. The highest BCUT2D eigenvalue weighted by Crippen LogP contribution is 2.25. The Balaban J connectivity index is 2.39. The van der Waals surface area contributed by atoms with Gasteiger partial charge in [-0.2, -0.15) is 5.10 Å². The van der Waals surface area contributed by atoms with Crippen molar-refractivity contribution in [3.05, 3.63) is 47.8 Å². The van der Waals surface area contributed by atoms with Gasteiger partial charge < -0.3 is 10.8 Å². The van der Waals surface area contributed by atoms with Crippen molar-refractivity contribution < 1.29 is 5.11 Å². The molecular formula is C12H15N3O. The van der Waals surface area contributed by atoms with Crippen LogP contribution in [0.25, 0.3) is 0 Å². The van der Waals surface area contributed by atoms with Crippen LogP contribution < -0.4 is 5.73 Å². The molecule has 2 rings (SSSR count). The van der Waals surface area contributed by atoms with Gasteiger partial charge in [0.1, 0.15) is 6.10 Å². The van der Waals surface area contributed by atoms with Crippen molar-refractivity contribution in [2.24, 2.45) is 0 Å². The molecule has 0 amide bonds. The Bertz CT molecular complexity index is 479. The number of aliphatic hydroxyl groups is 1. The second-order valence-electron chi connectivity index (χ2n) is 3.60. The van der Waals surface area contributed by atoms with Gasteiger partial charge in [0.05, 0.1) is 5.69 Å². The molecule has 0 radical (unpaired) electrons. The van der Waals surface area contributed by atoms with Gasteiger partial charge >= 0.3 is 0 Å². The van der Waals surface area contributed by atoms with E-state index in [1.54, 1.807) is 23.0 Å². The van der Waals surface area contributed by atoms with Gasteiger partial charge in [-0.05, 0) is 19.1 Å². The minimum Gasteiger partial charge on any atom is -0.398 e. The summed E-state index contributed by atoms with van der Waals surface area (Å²) in [5.41, 5.74) is 7.91. The Labute approximate surface area is 94.3 Å². The number of nitrogen functional groups attached to an aromatic ring is 1. The second kappa shape index (κ2) is 4.37. The van der Waals surface area contributed by atoms with E-state index in [9.17, 15) is 5.11 Å². The van der Waals surface area contributed by atoms with E-state index in [1.807, 2.05) is 25.1 Å². The molecule has 0 aliphatic carbocycles. The zero-order valence-corrected chi connectivity index (χ0v) is 9.17. The SMILES string of the molecule is CCn1nccc1C(O)c1ccccc1N. The predicted octanol–water partition coefficient (Wildman–Crippen LogP) is 1.57. The normalized spacial score (nSPS) is 12.6. The largest absolute Gasteiger partial charge is 0.398 e. The number of aliphatic hydroxyl groups excluding tert-OH is 1. The van der Waals surface area contributed by atoms with Gasteiger partial charge in [-0.25, -0.2) is 0 Å². The number of aryl methyl sites for hydroxylation is 1. The van der Waals surface area contributed by atoms with Gasteiger partial charge in [-0.1, -0.05) is 18.2 Å². The van der Waals surface area contributed by atoms with Crippen LogP contribution in [0.15, 0.2) is 36.5 Å². The summed E-state index contributed by atoms with van der Waals surface area (Å²) in [7, 11) is 0. The third-order valence-electron chi connectivity index (χ3n) is 2.62. The predicted molar refractivity (Wildman–Crippen MR) is 62.8 cm³/mol. The van der Waals surface area contributed by atoms with E-state index in [-0.39, 0.29) is 0 Å². The molecular weight excluding hydrogens is 202 g/mol. The van der Waals surface area contributed by atoms with Gasteiger partial charge in [0, 0.05) is 24.0 Å². The first-order valence-corrected chi connectivity index (χ1v) is 5.28. The summed E-state index contributed by atoms with van der Waals surface area (Å²) in [5.74, 6) is 0. The maximum atomic E-state index is 10.2. The Hall–Kier alpha value is -1.81. The van der Waals surface area contributed by atoms with Crippen LogP contribution in [-0.2, 0) is 6.54 Å². The summed E-state index contributed by atoms with van der Waals surface area (Å²) in [4.78, 5) is 0. The Morgan fingerprint density at radius 2 is 2.12 bits per heavy atom. The van der Waals surface area contributed by atoms with Gasteiger partial charge in [0.15, 0.2) is 0 Å². The molecule has 2 aromatic rings. The van der Waals surface area contributed by atoms with Gasteiger partial charge in [-0.3, -0.25) is 4.68 Å². The van der Waals surface area contributed by atoms with Crippen molar-refractivity contribution in [1.82, 2.24) is 9.78 Å². The maximum Gasteiger partial charge on any atom is 0.123 e. The molecule has 0 fully saturated rings. The first-order valence-electron chi connectivity index (χ1n) is 5.28. The number of benzene rings is 1. The van der Waals surface area contributed by atoms with Crippen LogP contribution >= 0.6 is 0 Å². The van der Waals surface area contributed by atoms with Crippen LogP contribution in [0.2, 0.25) is 0 Å². The number of rotatable bonds is 3. The van der Waals surface area contributed by atoms with Crippen molar-refractivity contribution in [3.8, 4) is 0 Å². The van der Waals surface area contributed by atoms with Crippen molar-refractivity contribution in [3.63, 3.8) is 0 Å². The lowest BCUT2D eigenvalue weighted by Gasteiger charge is -2.14. The number of nitrogens with two attached hydrogens (primary N) is 1. The highest BCUT2D eigenvalue weighted by atomic mass is 16.3. The molecule has 1 aromatic carbocycles. The molecule has 0 bridgehead atoms. The summed E-state index contributed by atoms with van der Waals surface area (Å²) >= 11 is 0. The van der Waals surface area contributed by atoms with Gasteiger partial charge in [0.25, 0.3) is 0 Å². The van der Waals surface area contributed by atoms with E-state index in [0.29, 0.717) is 5.69 Å². The average molecular weight is 217 g/mol. The number of para-hydroxylation sites is 1. The molecule has 0 spiro atoms. The molecule has 4 heteroatoms. The Morgan fingerprint density at radius 1 is 1.38 bits per heavy atom. The first-order chi connectivity index (χ1) is 7.74. The average Bonchev–Trinajstić information content (AvgIpc) is 2.77. The summed E-state index contributed by atoms with van der Waals surface area (Å²) in [6, 6.07) is 9.13. The van der Waals surface area contributed by atoms with Crippen LogP contribution in [0.4, 0.5) is 5.69 Å². The quantitative estimate of drug-likeness (QED) is 0.767. The minimum atomic E-state index is -0.719. The van der Waals surface area contributed by atoms with Crippen molar-refractivity contribution >= 4 is 5.69 Å². The van der Waals surface area contributed by atoms with E-state index in [1.165, 1.54) is 0 Å². The highest BCUT2D eigenvalue weighted by Gasteiger charge is 2.16. The standard InChI is InChI=1S/C12H15N3O/c1-2-15-11(7-8-14-15)12(16)9-5-3-4-6-10(9)13/h3-8,12,16H,2,13H2,1H3. The fraction of sp³-hybridized carbons (Fsp3) is 0.250. The van der Waals surface area contributed by atoms with Crippen LogP contribution in [-0.4, -0.2) is 14.9 Å². The molecule has 0 aliphatic heterocycles. The van der Waals surface area contributed by atoms with Crippen LogP contribution in [0.3, 0.4) is 0 Å². The first kappa shape index (κ1) is 10.7. The minimum absolute atomic E-state index is 0.596. The molecule has 4 nitrogen and oxygen atoms in total. The van der Waals surface area contributed by atoms with Crippen molar-refractivity contribution in [2.45, 2.75) is 19.6 Å². The number of anilines is 1. The number of aromatic nitrogens is 2. The fourth-order valence-electron chi connectivity index (χ4n) is 1.76. The van der Waals surface area contributed by atoms with Crippen LogP contribution in [0, 0.1) is 0 Å². The summed E-state index contributed by atoms with van der Waals surface area (Å²) < 4.78 is 1.76. The van der Waals surface area contributed by atoms with E-state index in [4.69, 9.17) is 5.73 Å². The third kappa shape index (κ3) is 1.79. The molecule has 1 atom stereocenters. The summed E-state index contributed by atoms with van der Waals surface area (Å²) in [6.45, 7) is 2.71. The van der Waals surface area contributed by atoms with Crippen molar-refractivity contribution in [1.29, 1.82) is 0 Å². The number of hydrogen-bond acceptors (Lipinski definition) is 3. The zero-order chi connectivity index (χ0) is 11.5. The van der Waals surface area contributed by atoms with E-state index < -0.39 is 6.10 Å². The third-order valence-corrected chi connectivity index (χ3v) is 2.62. The van der Waals surface area contributed by atoms with Crippen LogP contribution in [0.5, 0.6) is 0 Å². The second-order valence-corrected chi connectivity index (χ2v) is 3.60. The molecule has 3 N–H and O–H groups in total. The zero-order valence-electron chi connectivity index (χ0n) is 9.17. The van der Waals surface area contributed by atoms with E-state index in [2.05, 4.69) is 5.10 Å². The van der Waals surface area contributed by atoms with E-state index >= 15 is 0 Å². The molecule has 1 heterocycles. The topological polar surface area (TPSA) is 64.1 Å². The molecule has 16 heavy (non-hydrogen) atoms. The van der Waals surface area contributed by atoms with Crippen LogP contribution in [0.1, 0.15) is 24.3 Å². The lowest BCUT2D eigenvalue weighted by molar-refractivity contribution is 0.209. The summed E-state index contributed by atoms with van der Waals surface area (Å²) in [5, 5.41) is 14.4. The van der Waals surface area contributed by atoms with Gasteiger partial charge in [-0.15, -0.1) is 0 Å². The number of hydrogen-bond donors (Lipinski definition) is 2. The maximum absolute atomic E-state index is 10.2. The molecule has 0 saturated heterocycles. The molecule has 0 aliphatic rings. The molecule has 1 unspecified atom stereocenters. The van der Waals surface area contributed by atoms with E-state index in [0.717, 1.165) is 17.8 Å². The fourth-order valence-corrected chi connectivity index (χ4v) is 1.76. The highest BCUT2D eigenvalue weighted by molar-refractivity contribution is 5.49.